The third-order valence-corrected chi connectivity index (χ3v) is 11.7. The van der Waals surface area contributed by atoms with Crippen LogP contribution in [0.15, 0.2) is 0 Å². The second-order valence-electron chi connectivity index (χ2n) is 13.4. The Morgan fingerprint density at radius 1 is 0.955 bits per heavy atom. The van der Waals surface area contributed by atoms with E-state index in [0.717, 1.165) is 25.7 Å². The van der Waals surface area contributed by atoms with E-state index in [-0.39, 0.29) is 55.4 Å². The molecule has 258 valence electrons. The number of hydrogen-bond acceptors (Lipinski definition) is 9. The average Bonchev–Trinajstić information content (AvgIpc) is 2.91. The molecule has 0 aliphatic heterocycles. The number of carbonyl (C=O) groups is 2. The minimum Gasteiger partial charge on any atom is -0.393 e. The molecule has 44 heavy (non-hydrogen) atoms. The Balaban J connectivity index is 2.25. The van der Waals surface area contributed by atoms with Gasteiger partial charge in [-0.2, -0.15) is 0 Å². The van der Waals surface area contributed by atoms with Crippen LogP contribution in [0.4, 0.5) is 0 Å². The number of primary sulfonamides is 1. The first-order valence-corrected chi connectivity index (χ1v) is 19.4. The van der Waals surface area contributed by atoms with E-state index in [2.05, 4.69) is 10.1 Å². The van der Waals surface area contributed by atoms with Crippen LogP contribution in [0.1, 0.15) is 91.9 Å². The van der Waals surface area contributed by atoms with Gasteiger partial charge in [0.2, 0.25) is 31.9 Å². The molecule has 0 aromatic carbocycles. The summed E-state index contributed by atoms with van der Waals surface area (Å²) in [6.45, 7) is 8.48. The van der Waals surface area contributed by atoms with Gasteiger partial charge < -0.3 is 20.4 Å². The molecule has 2 amide bonds. The van der Waals surface area contributed by atoms with E-state index < -0.39 is 55.2 Å². The molecule has 0 heterocycles. The highest BCUT2D eigenvalue weighted by atomic mass is 32.2. The van der Waals surface area contributed by atoms with E-state index in [0.29, 0.717) is 32.4 Å². The highest BCUT2D eigenvalue weighted by molar-refractivity contribution is 7.89. The van der Waals surface area contributed by atoms with Gasteiger partial charge in [0.05, 0.1) is 29.3 Å². The van der Waals surface area contributed by atoms with Crippen LogP contribution >= 0.6 is 0 Å². The number of aliphatic hydroxyl groups excluding tert-OH is 2. The highest BCUT2D eigenvalue weighted by Crippen LogP contribution is 2.35. The average molecular weight is 668 g/mol. The summed E-state index contributed by atoms with van der Waals surface area (Å²) in [5, 5.41) is 30.0. The van der Waals surface area contributed by atoms with Gasteiger partial charge in [-0.15, -0.1) is 4.83 Å². The minimum absolute atomic E-state index is 0.0245. The summed E-state index contributed by atoms with van der Waals surface area (Å²) in [4.78, 5) is 31.4. The van der Waals surface area contributed by atoms with Crippen molar-refractivity contribution < 1.29 is 36.6 Å². The smallest absolute Gasteiger partial charge is 0.225 e. The molecule has 0 saturated heterocycles. The van der Waals surface area contributed by atoms with E-state index in [9.17, 15) is 36.6 Å². The first kappa shape index (κ1) is 38.8. The Labute approximate surface area is 264 Å². The molecule has 0 radical (unpaired) electrons. The van der Waals surface area contributed by atoms with Crippen LogP contribution in [-0.2, 0) is 29.6 Å². The van der Waals surface area contributed by atoms with E-state index in [1.165, 1.54) is 12.1 Å². The van der Waals surface area contributed by atoms with Gasteiger partial charge in [-0.1, -0.05) is 27.7 Å². The molecule has 2 aliphatic carbocycles. The molecule has 5 unspecified atom stereocenters. The molecular formula is C29H57N5O8S2. The van der Waals surface area contributed by atoms with E-state index >= 15 is 0 Å². The number of likely N-dealkylation sites (N-methyl/N-ethyl adjacent to an activating group) is 1. The molecule has 2 saturated carbocycles. The van der Waals surface area contributed by atoms with Crippen molar-refractivity contribution >= 4 is 31.9 Å². The zero-order chi connectivity index (χ0) is 33.2. The van der Waals surface area contributed by atoms with Gasteiger partial charge in [0.15, 0.2) is 0 Å². The molecule has 2 rings (SSSR count). The normalized spacial score (nSPS) is 26.4. The van der Waals surface area contributed by atoms with Gasteiger partial charge >= 0.3 is 0 Å². The van der Waals surface area contributed by atoms with Crippen molar-refractivity contribution in [3.63, 3.8) is 0 Å². The molecule has 0 spiro atoms. The summed E-state index contributed by atoms with van der Waals surface area (Å²) in [5.41, 5.74) is 0. The second-order valence-corrected chi connectivity index (χ2v) is 17.0. The summed E-state index contributed by atoms with van der Waals surface area (Å²) >= 11 is 0. The standard InChI is InChI=1S/C29H57N5O8S2/c1-6-12-34(13-7-2)29(38)23-15-22(16-25(17-23)44(30,41)42)28(37)31-26(14-21-8-10-24(35)11-9-21)27(36)18-33(5)32-43(39,40)19-20(3)4/h20-27,32,35-36H,6-19H2,1-5H3,(H,31,37)(H2,30,41,42). The van der Waals surface area contributed by atoms with Crippen LogP contribution in [0.25, 0.3) is 0 Å². The molecule has 0 aromatic heterocycles. The number of hydrogen-bond donors (Lipinski definition) is 5. The molecule has 13 nitrogen and oxygen atoms in total. The fourth-order valence-corrected chi connectivity index (χ4v) is 9.09. The minimum atomic E-state index is -4.02. The van der Waals surface area contributed by atoms with Crippen molar-refractivity contribution in [2.75, 3.05) is 32.4 Å². The van der Waals surface area contributed by atoms with Crippen LogP contribution in [0.3, 0.4) is 0 Å². The third kappa shape index (κ3) is 12.8. The fourth-order valence-electron chi connectivity index (χ4n) is 6.59. The van der Waals surface area contributed by atoms with Gasteiger partial charge in [-0.3, -0.25) is 9.59 Å². The maximum Gasteiger partial charge on any atom is 0.225 e. The Kier molecular flexibility index (Phi) is 15.5. The van der Waals surface area contributed by atoms with Crippen molar-refractivity contribution in [3.05, 3.63) is 0 Å². The molecule has 15 heteroatoms. The zero-order valence-electron chi connectivity index (χ0n) is 27.2. The lowest BCUT2D eigenvalue weighted by atomic mass is 9.79. The number of amides is 2. The van der Waals surface area contributed by atoms with Crippen LogP contribution in [-0.4, -0.2) is 105 Å². The SMILES string of the molecule is CCCN(CCC)C(=O)C1CC(C(=O)NC(CC2CCC(O)CC2)C(O)CN(C)NS(=O)(=O)CC(C)C)CC(S(N)(=O)=O)C1. The van der Waals surface area contributed by atoms with Gasteiger partial charge in [0, 0.05) is 38.5 Å². The van der Waals surface area contributed by atoms with E-state index in [1.807, 2.05) is 13.8 Å². The Hall–Kier alpha value is -1.36. The third-order valence-electron chi connectivity index (χ3n) is 8.65. The monoisotopic (exact) mass is 667 g/mol. The topological polar surface area (TPSA) is 199 Å². The Morgan fingerprint density at radius 2 is 1.52 bits per heavy atom. The number of nitrogens with two attached hydrogens (primary N) is 1. The van der Waals surface area contributed by atoms with Gasteiger partial charge in [-0.05, 0) is 76.0 Å². The highest BCUT2D eigenvalue weighted by Gasteiger charge is 2.42. The summed E-state index contributed by atoms with van der Waals surface area (Å²) in [6.07, 6.45) is 3.25. The molecule has 2 fully saturated rings. The lowest BCUT2D eigenvalue weighted by molar-refractivity contribution is -0.138. The van der Waals surface area contributed by atoms with E-state index in [4.69, 9.17) is 5.14 Å². The number of rotatable bonds is 17. The van der Waals surface area contributed by atoms with E-state index in [1.54, 1.807) is 18.7 Å². The number of hydrazine groups is 1. The van der Waals surface area contributed by atoms with Gasteiger partial charge in [-0.25, -0.2) is 27.0 Å². The summed E-state index contributed by atoms with van der Waals surface area (Å²) in [5.74, 6) is -2.18. The summed E-state index contributed by atoms with van der Waals surface area (Å²) < 4.78 is 49.8. The number of nitrogens with one attached hydrogen (secondary N) is 2. The summed E-state index contributed by atoms with van der Waals surface area (Å²) in [7, 11) is -6.15. The predicted octanol–water partition coefficient (Wildman–Crippen LogP) is 0.918. The molecular weight excluding hydrogens is 610 g/mol. The fraction of sp³-hybridized carbons (Fsp3) is 0.931. The van der Waals surface area contributed by atoms with Crippen molar-refractivity contribution in [1.82, 2.24) is 20.1 Å². The van der Waals surface area contributed by atoms with Crippen molar-refractivity contribution in [1.29, 1.82) is 0 Å². The lowest BCUT2D eigenvalue weighted by Gasteiger charge is -2.37. The Bertz CT molecular complexity index is 1120. The second kappa shape index (κ2) is 17.5. The van der Waals surface area contributed by atoms with Crippen molar-refractivity contribution in [2.24, 2.45) is 28.8 Å². The maximum atomic E-state index is 13.8. The largest absolute Gasteiger partial charge is 0.393 e. The number of sulfonamides is 2. The molecule has 0 bridgehead atoms. The van der Waals surface area contributed by atoms with Gasteiger partial charge in [0.1, 0.15) is 0 Å². The van der Waals surface area contributed by atoms with Crippen molar-refractivity contribution in [2.45, 2.75) is 115 Å². The zero-order valence-corrected chi connectivity index (χ0v) is 28.8. The molecule has 0 aromatic rings. The number of aliphatic hydroxyl groups is 2. The molecule has 5 atom stereocenters. The Morgan fingerprint density at radius 3 is 2.05 bits per heavy atom. The van der Waals surface area contributed by atoms with Crippen molar-refractivity contribution in [3.8, 4) is 0 Å². The quantitative estimate of drug-likeness (QED) is 0.140. The first-order chi connectivity index (χ1) is 20.4. The first-order valence-electron chi connectivity index (χ1n) is 16.1. The lowest BCUT2D eigenvalue weighted by Crippen LogP contribution is -2.54. The summed E-state index contributed by atoms with van der Waals surface area (Å²) in [6, 6.07) is -0.763. The molecule has 2 aliphatic rings. The van der Waals surface area contributed by atoms with Crippen LogP contribution in [0, 0.1) is 23.7 Å². The van der Waals surface area contributed by atoms with Crippen LogP contribution < -0.4 is 15.3 Å². The molecule has 6 N–H and O–H groups in total. The number of carbonyl (C=O) groups excluding carboxylic acids is 2. The van der Waals surface area contributed by atoms with Gasteiger partial charge in [0.25, 0.3) is 0 Å². The maximum absolute atomic E-state index is 13.8. The van der Waals surface area contributed by atoms with Crippen LogP contribution in [0.5, 0.6) is 0 Å². The number of nitrogens with zero attached hydrogens (tertiary/aromatic N) is 2. The van der Waals surface area contributed by atoms with Crippen LogP contribution in [0.2, 0.25) is 0 Å². The predicted molar refractivity (Wildman–Crippen MR) is 170 cm³/mol.